The molecule has 1 amide bonds. The Hall–Kier alpha value is -2.82. The van der Waals surface area contributed by atoms with E-state index in [1.54, 1.807) is 38.3 Å². The summed E-state index contributed by atoms with van der Waals surface area (Å²) in [6, 6.07) is 16.1. The van der Waals surface area contributed by atoms with Crippen molar-refractivity contribution in [2.45, 2.75) is 19.3 Å². The first-order valence-electron chi connectivity index (χ1n) is 7.71. The average molecular weight is 326 g/mol. The monoisotopic (exact) mass is 326 g/mol. The minimum atomic E-state index is -1.23. The van der Waals surface area contributed by atoms with Crippen LogP contribution in [0.15, 0.2) is 54.6 Å². The first-order chi connectivity index (χ1) is 11.5. The van der Waals surface area contributed by atoms with Crippen LogP contribution in [0.5, 0.6) is 5.75 Å². The summed E-state index contributed by atoms with van der Waals surface area (Å²) in [5.41, 5.74) is 1.45. The summed E-state index contributed by atoms with van der Waals surface area (Å²) in [7, 11) is 1.56. The van der Waals surface area contributed by atoms with Crippen molar-refractivity contribution in [3.05, 3.63) is 60.2 Å². The van der Waals surface area contributed by atoms with Crippen LogP contribution in [0.4, 0.5) is 5.69 Å². The van der Waals surface area contributed by atoms with Crippen LogP contribution in [0.1, 0.15) is 24.8 Å². The van der Waals surface area contributed by atoms with Crippen molar-refractivity contribution in [3.63, 3.8) is 0 Å². The molecule has 0 unspecified atom stereocenters. The zero-order valence-electron chi connectivity index (χ0n) is 13.7. The van der Waals surface area contributed by atoms with Crippen molar-refractivity contribution in [1.82, 2.24) is 0 Å². The summed E-state index contributed by atoms with van der Waals surface area (Å²) in [6.45, 7) is 1.79. The van der Waals surface area contributed by atoms with Gasteiger partial charge in [0.05, 0.1) is 7.11 Å². The normalized spacial score (nSPS) is 12.9. The second-order valence-corrected chi connectivity index (χ2v) is 5.61. The number of hydrogen-bond donors (Lipinski definition) is 1. The topological polar surface area (TPSA) is 78.5 Å². The molecular weight excluding hydrogens is 306 g/mol. The van der Waals surface area contributed by atoms with Crippen LogP contribution in [0.2, 0.25) is 0 Å². The molecule has 0 bridgehead atoms. The highest BCUT2D eigenvalue weighted by Crippen LogP contribution is 2.27. The summed E-state index contributed by atoms with van der Waals surface area (Å²) in [5.74, 6) is -2.13. The van der Waals surface area contributed by atoms with Crippen molar-refractivity contribution in [2.75, 3.05) is 12.4 Å². The molecule has 0 aliphatic carbocycles. The number of amides is 1. The van der Waals surface area contributed by atoms with Crippen molar-refractivity contribution in [3.8, 4) is 5.75 Å². The van der Waals surface area contributed by atoms with Gasteiger partial charge in [-0.1, -0.05) is 37.3 Å². The maximum atomic E-state index is 12.2. The van der Waals surface area contributed by atoms with E-state index in [0.717, 1.165) is 5.56 Å². The molecule has 126 valence electrons. The Balaban J connectivity index is 2.04. The number of carbonyl (C=O) groups excluding carboxylic acids is 2. The van der Waals surface area contributed by atoms with Gasteiger partial charge in [0, 0.05) is 24.0 Å². The van der Waals surface area contributed by atoms with Crippen molar-refractivity contribution in [2.24, 2.45) is 5.92 Å². The van der Waals surface area contributed by atoms with Gasteiger partial charge >= 0.3 is 0 Å². The van der Waals surface area contributed by atoms with E-state index in [9.17, 15) is 14.7 Å². The van der Waals surface area contributed by atoms with Crippen molar-refractivity contribution < 1.29 is 19.4 Å². The number of nitrogens with one attached hydrogen (secondary N) is 1. The summed E-state index contributed by atoms with van der Waals surface area (Å²) in [6.07, 6.45) is -0.148. The smallest absolute Gasteiger partial charge is 0.225 e. The first-order valence-corrected chi connectivity index (χ1v) is 7.71. The standard InChI is InChI=1S/C19H21NO4/c1-13(14-6-4-3-5-7-14)17(19(22)23)12-18(21)20-15-8-10-16(24-2)11-9-15/h3-11,13,17H,12H2,1-2H3,(H,20,21)(H,22,23)/p-1/t13-,17-/m0/s1. The van der Waals surface area contributed by atoms with E-state index >= 15 is 0 Å². The van der Waals surface area contributed by atoms with Crippen LogP contribution >= 0.6 is 0 Å². The first kappa shape index (κ1) is 17.5. The van der Waals surface area contributed by atoms with Crippen LogP contribution in [0, 0.1) is 5.92 Å². The molecule has 1 N–H and O–H groups in total. The number of rotatable bonds is 7. The molecule has 0 spiro atoms. The predicted octanol–water partition coefficient (Wildman–Crippen LogP) is 2.19. The van der Waals surface area contributed by atoms with Gasteiger partial charge in [0.1, 0.15) is 5.75 Å². The van der Waals surface area contributed by atoms with Gasteiger partial charge in [-0.2, -0.15) is 0 Å². The zero-order valence-corrected chi connectivity index (χ0v) is 13.7. The summed E-state index contributed by atoms with van der Waals surface area (Å²) in [5, 5.41) is 14.2. The quantitative estimate of drug-likeness (QED) is 0.846. The number of benzene rings is 2. The summed E-state index contributed by atoms with van der Waals surface area (Å²) >= 11 is 0. The Labute approximate surface area is 141 Å². The molecule has 2 rings (SSSR count). The van der Waals surface area contributed by atoms with Gasteiger partial charge in [0.15, 0.2) is 0 Å². The van der Waals surface area contributed by atoms with Gasteiger partial charge < -0.3 is 20.0 Å². The minimum absolute atomic E-state index is 0.148. The molecule has 0 fully saturated rings. The number of anilines is 1. The highest BCUT2D eigenvalue weighted by molar-refractivity contribution is 5.93. The van der Waals surface area contributed by atoms with Gasteiger partial charge in [-0.3, -0.25) is 4.79 Å². The lowest BCUT2D eigenvalue weighted by atomic mass is 9.85. The largest absolute Gasteiger partial charge is 0.550 e. The fraction of sp³-hybridized carbons (Fsp3) is 0.263. The number of carboxylic acid groups (broad SMARTS) is 1. The molecule has 2 atom stereocenters. The van der Waals surface area contributed by atoms with Crippen LogP contribution in [-0.4, -0.2) is 19.0 Å². The molecule has 24 heavy (non-hydrogen) atoms. The summed E-state index contributed by atoms with van der Waals surface area (Å²) in [4.78, 5) is 23.7. The van der Waals surface area contributed by atoms with E-state index in [1.165, 1.54) is 0 Å². The van der Waals surface area contributed by atoms with Gasteiger partial charge in [-0.25, -0.2) is 0 Å². The fourth-order valence-electron chi connectivity index (χ4n) is 2.54. The zero-order chi connectivity index (χ0) is 17.5. The second-order valence-electron chi connectivity index (χ2n) is 5.61. The molecule has 0 aromatic heterocycles. The van der Waals surface area contributed by atoms with Crippen LogP contribution in [0.25, 0.3) is 0 Å². The Morgan fingerprint density at radius 2 is 1.71 bits per heavy atom. The third kappa shape index (κ3) is 4.59. The number of aliphatic carboxylic acids is 1. The maximum absolute atomic E-state index is 12.2. The van der Waals surface area contributed by atoms with E-state index in [2.05, 4.69) is 5.32 Å². The fourth-order valence-corrected chi connectivity index (χ4v) is 2.54. The minimum Gasteiger partial charge on any atom is -0.550 e. The number of hydrogen-bond acceptors (Lipinski definition) is 4. The Kier molecular flexibility index (Phi) is 5.95. The number of ether oxygens (including phenoxy) is 1. The molecule has 2 aromatic rings. The van der Waals surface area contributed by atoms with Gasteiger partial charge in [0.25, 0.3) is 0 Å². The highest BCUT2D eigenvalue weighted by atomic mass is 16.5. The van der Waals surface area contributed by atoms with Crippen LogP contribution in [-0.2, 0) is 9.59 Å². The lowest BCUT2D eigenvalue weighted by Crippen LogP contribution is -2.36. The van der Waals surface area contributed by atoms with Gasteiger partial charge in [-0.15, -0.1) is 0 Å². The van der Waals surface area contributed by atoms with Crippen molar-refractivity contribution >= 4 is 17.6 Å². The van der Waals surface area contributed by atoms with Gasteiger partial charge in [-0.05, 0) is 35.7 Å². The predicted molar refractivity (Wildman–Crippen MR) is 89.6 cm³/mol. The number of carboxylic acids is 1. The molecule has 0 saturated carbocycles. The second kappa shape index (κ2) is 8.15. The molecular formula is C19H20NO4-. The van der Waals surface area contributed by atoms with Crippen LogP contribution in [0.3, 0.4) is 0 Å². The molecule has 0 aliphatic rings. The molecule has 5 heteroatoms. The lowest BCUT2D eigenvalue weighted by molar-refractivity contribution is -0.312. The Bertz CT molecular complexity index is 682. The van der Waals surface area contributed by atoms with E-state index < -0.39 is 11.9 Å². The molecule has 0 radical (unpaired) electrons. The lowest BCUT2D eigenvalue weighted by Gasteiger charge is -2.25. The van der Waals surface area contributed by atoms with Crippen LogP contribution < -0.4 is 15.2 Å². The van der Waals surface area contributed by atoms with E-state index in [-0.39, 0.29) is 18.2 Å². The van der Waals surface area contributed by atoms with Crippen molar-refractivity contribution in [1.29, 1.82) is 0 Å². The molecule has 0 saturated heterocycles. The molecule has 0 heterocycles. The van der Waals surface area contributed by atoms with Gasteiger partial charge in [0.2, 0.25) is 5.91 Å². The SMILES string of the molecule is COc1ccc(NC(=O)C[C@H](C(=O)[O-])[C@@H](C)c2ccccc2)cc1. The maximum Gasteiger partial charge on any atom is 0.225 e. The molecule has 5 nitrogen and oxygen atoms in total. The number of methoxy groups -OCH3 is 1. The van der Waals surface area contributed by atoms with E-state index in [1.807, 2.05) is 30.3 Å². The third-order valence-corrected chi connectivity index (χ3v) is 4.01. The summed E-state index contributed by atoms with van der Waals surface area (Å²) < 4.78 is 5.05. The Morgan fingerprint density at radius 3 is 2.25 bits per heavy atom. The highest BCUT2D eigenvalue weighted by Gasteiger charge is 2.23. The number of carbonyl (C=O) groups is 2. The third-order valence-electron chi connectivity index (χ3n) is 4.01. The van der Waals surface area contributed by atoms with E-state index in [4.69, 9.17) is 4.74 Å². The van der Waals surface area contributed by atoms with E-state index in [0.29, 0.717) is 11.4 Å². The molecule has 0 aliphatic heterocycles. The Morgan fingerprint density at radius 1 is 1.08 bits per heavy atom. The average Bonchev–Trinajstić information content (AvgIpc) is 2.60. The molecule has 2 aromatic carbocycles.